The fraction of sp³-hybridized carbons (Fsp3) is 0.105. The van der Waals surface area contributed by atoms with Gasteiger partial charge < -0.3 is 20.4 Å². The molecule has 0 saturated carbocycles. The maximum atomic E-state index is 11.3. The number of rotatable bonds is 5. The normalized spacial score (nSPS) is 12.2. The van der Waals surface area contributed by atoms with E-state index in [2.05, 4.69) is 25.3 Å². The summed E-state index contributed by atoms with van der Waals surface area (Å²) in [5.41, 5.74) is 3.81. The third-order valence-electron chi connectivity index (χ3n) is 4.31. The average Bonchev–Trinajstić information content (AvgIpc) is 3.29. The molecule has 4 N–H and O–H groups in total. The molecule has 1 amide bonds. The Morgan fingerprint density at radius 1 is 1.19 bits per heavy atom. The largest absolute Gasteiger partial charge is 0.465 e. The molecule has 0 saturated heterocycles. The summed E-state index contributed by atoms with van der Waals surface area (Å²) in [4.78, 5) is 26.1. The highest BCUT2D eigenvalue weighted by Crippen LogP contribution is 2.25. The molecule has 3 aromatic heterocycles. The first-order valence-corrected chi connectivity index (χ1v) is 8.20. The van der Waals surface area contributed by atoms with E-state index >= 15 is 0 Å². The summed E-state index contributed by atoms with van der Waals surface area (Å²) in [6.45, 7) is 0. The van der Waals surface area contributed by atoms with Crippen LogP contribution in [0.1, 0.15) is 17.4 Å². The lowest BCUT2D eigenvalue weighted by molar-refractivity contribution is 0.189. The Balaban J connectivity index is 1.65. The van der Waals surface area contributed by atoms with Crippen LogP contribution in [0.3, 0.4) is 0 Å². The minimum atomic E-state index is -1.09. The zero-order chi connectivity index (χ0) is 17.9. The lowest BCUT2D eigenvalue weighted by Gasteiger charge is -2.14. The monoisotopic (exact) mass is 347 g/mol. The van der Waals surface area contributed by atoms with E-state index in [1.807, 2.05) is 42.6 Å². The molecular formula is C19H17N5O2. The zero-order valence-electron chi connectivity index (χ0n) is 13.8. The molecule has 3 heterocycles. The maximum Gasteiger partial charge on any atom is 0.405 e. The topological polar surface area (TPSA) is 107 Å². The second-order valence-corrected chi connectivity index (χ2v) is 5.98. The summed E-state index contributed by atoms with van der Waals surface area (Å²) in [6, 6.07) is 11.2. The summed E-state index contributed by atoms with van der Waals surface area (Å²) in [6.07, 6.45) is 6.42. The summed E-state index contributed by atoms with van der Waals surface area (Å²) < 4.78 is 0. The van der Waals surface area contributed by atoms with Crippen molar-refractivity contribution in [3.8, 4) is 11.3 Å². The third kappa shape index (κ3) is 3.14. The van der Waals surface area contributed by atoms with E-state index < -0.39 is 12.1 Å². The quantitative estimate of drug-likeness (QED) is 0.443. The Labute approximate surface area is 149 Å². The summed E-state index contributed by atoms with van der Waals surface area (Å²) >= 11 is 0. The van der Waals surface area contributed by atoms with Gasteiger partial charge in [-0.2, -0.15) is 0 Å². The van der Waals surface area contributed by atoms with Crippen LogP contribution in [-0.2, 0) is 6.42 Å². The smallest absolute Gasteiger partial charge is 0.405 e. The molecular weight excluding hydrogens is 330 g/mol. The van der Waals surface area contributed by atoms with Gasteiger partial charge in [-0.3, -0.25) is 4.98 Å². The van der Waals surface area contributed by atoms with Gasteiger partial charge in [0.2, 0.25) is 0 Å². The Hall–Kier alpha value is -3.61. The molecule has 130 valence electrons. The van der Waals surface area contributed by atoms with Gasteiger partial charge >= 0.3 is 6.09 Å². The first kappa shape index (κ1) is 15.9. The van der Waals surface area contributed by atoms with Crippen molar-refractivity contribution in [3.05, 3.63) is 72.6 Å². The fourth-order valence-corrected chi connectivity index (χ4v) is 3.08. The molecule has 7 heteroatoms. The standard InChI is InChI=1S/C19H17N5O2/c25-19(26)24-16(9-13-10-21-15-4-2-1-3-14(13)15)18-22-11-17(23-18)12-5-7-20-8-6-12/h1-8,10-11,16,21,24H,9H2,(H,22,23)(H,25,26)/t16-/m1/s1. The number of benzene rings is 1. The van der Waals surface area contributed by atoms with E-state index in [0.717, 1.165) is 27.7 Å². The van der Waals surface area contributed by atoms with Crippen LogP contribution in [0.4, 0.5) is 4.79 Å². The van der Waals surface area contributed by atoms with E-state index in [1.54, 1.807) is 18.6 Å². The van der Waals surface area contributed by atoms with Crippen molar-refractivity contribution in [2.24, 2.45) is 0 Å². The van der Waals surface area contributed by atoms with Crippen LogP contribution in [0.25, 0.3) is 22.2 Å². The van der Waals surface area contributed by atoms with Gasteiger partial charge in [-0.1, -0.05) is 18.2 Å². The van der Waals surface area contributed by atoms with Gasteiger partial charge in [-0.25, -0.2) is 9.78 Å². The van der Waals surface area contributed by atoms with E-state index in [0.29, 0.717) is 12.2 Å². The first-order valence-electron chi connectivity index (χ1n) is 8.20. The van der Waals surface area contributed by atoms with Gasteiger partial charge in [0.1, 0.15) is 5.82 Å². The molecule has 4 rings (SSSR count). The lowest BCUT2D eigenvalue weighted by atomic mass is 10.0. The number of H-pyrrole nitrogens is 2. The predicted octanol–water partition coefficient (Wildman–Crippen LogP) is 3.50. The highest BCUT2D eigenvalue weighted by molar-refractivity contribution is 5.83. The molecule has 0 aliphatic heterocycles. The van der Waals surface area contributed by atoms with E-state index in [-0.39, 0.29) is 0 Å². The number of pyridine rings is 1. The number of fused-ring (bicyclic) bond motifs is 1. The number of imidazole rings is 1. The fourth-order valence-electron chi connectivity index (χ4n) is 3.08. The van der Waals surface area contributed by atoms with Crippen molar-refractivity contribution < 1.29 is 9.90 Å². The molecule has 0 aliphatic carbocycles. The SMILES string of the molecule is O=C(O)N[C@H](Cc1c[nH]c2ccccc12)c1ncc(-c2ccncc2)[nH]1. The molecule has 0 bridgehead atoms. The van der Waals surface area contributed by atoms with E-state index in [4.69, 9.17) is 0 Å². The number of para-hydroxylation sites is 1. The van der Waals surface area contributed by atoms with Crippen molar-refractivity contribution >= 4 is 17.0 Å². The molecule has 0 unspecified atom stereocenters. The second-order valence-electron chi connectivity index (χ2n) is 5.98. The summed E-state index contributed by atoms with van der Waals surface area (Å²) in [5, 5.41) is 12.9. The van der Waals surface area contributed by atoms with Crippen LogP contribution in [0.15, 0.2) is 61.2 Å². The van der Waals surface area contributed by atoms with Crippen molar-refractivity contribution in [2.45, 2.75) is 12.5 Å². The number of nitrogens with one attached hydrogen (secondary N) is 3. The number of nitrogens with zero attached hydrogens (tertiary/aromatic N) is 2. The van der Waals surface area contributed by atoms with Crippen LogP contribution < -0.4 is 5.32 Å². The summed E-state index contributed by atoms with van der Waals surface area (Å²) in [5.74, 6) is 0.574. The molecule has 1 aromatic carbocycles. The Morgan fingerprint density at radius 2 is 2.00 bits per heavy atom. The lowest BCUT2D eigenvalue weighted by Crippen LogP contribution is -2.29. The Kier molecular flexibility index (Phi) is 4.10. The van der Waals surface area contributed by atoms with Gasteiger partial charge in [0.25, 0.3) is 0 Å². The predicted molar refractivity (Wildman–Crippen MR) is 97.7 cm³/mol. The first-order chi connectivity index (χ1) is 12.7. The van der Waals surface area contributed by atoms with E-state index in [9.17, 15) is 9.90 Å². The molecule has 0 spiro atoms. The van der Waals surface area contributed by atoms with Gasteiger partial charge in [-0.15, -0.1) is 0 Å². The van der Waals surface area contributed by atoms with Gasteiger partial charge in [0.15, 0.2) is 0 Å². The van der Waals surface area contributed by atoms with Crippen LogP contribution >= 0.6 is 0 Å². The molecule has 0 aliphatic rings. The van der Waals surface area contributed by atoms with Crippen LogP contribution in [0, 0.1) is 0 Å². The van der Waals surface area contributed by atoms with Crippen molar-refractivity contribution in [2.75, 3.05) is 0 Å². The van der Waals surface area contributed by atoms with Crippen molar-refractivity contribution in [1.82, 2.24) is 25.3 Å². The second kappa shape index (κ2) is 6.72. The summed E-state index contributed by atoms with van der Waals surface area (Å²) in [7, 11) is 0. The molecule has 7 nitrogen and oxygen atoms in total. The van der Waals surface area contributed by atoms with Gasteiger partial charge in [0.05, 0.1) is 17.9 Å². The number of amides is 1. The van der Waals surface area contributed by atoms with Crippen molar-refractivity contribution in [1.29, 1.82) is 0 Å². The number of hydrogen-bond acceptors (Lipinski definition) is 3. The molecule has 0 radical (unpaired) electrons. The number of carbonyl (C=O) groups is 1. The number of aromatic amines is 2. The van der Waals surface area contributed by atoms with Crippen LogP contribution in [0.5, 0.6) is 0 Å². The number of aromatic nitrogens is 4. The maximum absolute atomic E-state index is 11.3. The molecule has 1 atom stereocenters. The van der Waals surface area contributed by atoms with Crippen LogP contribution in [0.2, 0.25) is 0 Å². The molecule has 0 fully saturated rings. The minimum absolute atomic E-state index is 0.484. The third-order valence-corrected chi connectivity index (χ3v) is 4.31. The average molecular weight is 347 g/mol. The van der Waals surface area contributed by atoms with Gasteiger partial charge in [-0.05, 0) is 23.8 Å². The van der Waals surface area contributed by atoms with Gasteiger partial charge in [0, 0.05) is 41.5 Å². The van der Waals surface area contributed by atoms with Crippen molar-refractivity contribution in [3.63, 3.8) is 0 Å². The highest BCUT2D eigenvalue weighted by Gasteiger charge is 2.20. The molecule has 4 aromatic rings. The minimum Gasteiger partial charge on any atom is -0.465 e. The van der Waals surface area contributed by atoms with Crippen LogP contribution in [-0.4, -0.2) is 31.1 Å². The number of carboxylic acid groups (broad SMARTS) is 1. The Bertz CT molecular complexity index is 1040. The van der Waals surface area contributed by atoms with E-state index in [1.165, 1.54) is 0 Å². The molecule has 26 heavy (non-hydrogen) atoms. The number of hydrogen-bond donors (Lipinski definition) is 4. The Morgan fingerprint density at radius 3 is 2.81 bits per heavy atom. The zero-order valence-corrected chi connectivity index (χ0v) is 13.8. The highest BCUT2D eigenvalue weighted by atomic mass is 16.4.